The average Bonchev–Trinajstić information content (AvgIpc) is 3.18. The van der Waals surface area contributed by atoms with Crippen LogP contribution in [0.1, 0.15) is 25.3 Å². The van der Waals surface area contributed by atoms with Crippen molar-refractivity contribution in [2.24, 2.45) is 5.92 Å². The minimum absolute atomic E-state index is 0.351. The van der Waals surface area contributed by atoms with Gasteiger partial charge in [-0.25, -0.2) is 9.18 Å². The number of anilines is 1. The molecule has 0 unspecified atom stereocenters. The summed E-state index contributed by atoms with van der Waals surface area (Å²) >= 11 is 0. The van der Waals surface area contributed by atoms with Gasteiger partial charge in [-0.1, -0.05) is 0 Å². The lowest BCUT2D eigenvalue weighted by molar-refractivity contribution is -0.131. The van der Waals surface area contributed by atoms with Crippen molar-refractivity contribution in [1.29, 1.82) is 0 Å². The van der Waals surface area contributed by atoms with Gasteiger partial charge >= 0.3 is 5.97 Å². The Hall–Kier alpha value is -1.84. The first-order valence-electron chi connectivity index (χ1n) is 6.55. The van der Waals surface area contributed by atoms with Gasteiger partial charge in [-0.2, -0.15) is 0 Å². The molecule has 2 rings (SSSR count). The van der Waals surface area contributed by atoms with Crippen molar-refractivity contribution >= 4 is 17.7 Å². The van der Waals surface area contributed by atoms with Crippen molar-refractivity contribution in [2.45, 2.75) is 19.8 Å². The van der Waals surface area contributed by atoms with Crippen LogP contribution in [0.25, 0.3) is 6.08 Å². The molecule has 0 saturated heterocycles. The van der Waals surface area contributed by atoms with Gasteiger partial charge in [0.2, 0.25) is 0 Å². The highest BCUT2D eigenvalue weighted by molar-refractivity contribution is 5.87. The molecule has 1 fully saturated rings. The molecule has 1 aromatic rings. The van der Waals surface area contributed by atoms with E-state index >= 15 is 0 Å². The van der Waals surface area contributed by atoms with Crippen LogP contribution >= 0.6 is 0 Å². The molecule has 19 heavy (non-hydrogen) atoms. The second-order valence-electron chi connectivity index (χ2n) is 4.86. The van der Waals surface area contributed by atoms with Gasteiger partial charge in [-0.05, 0) is 50.0 Å². The van der Waals surface area contributed by atoms with Crippen LogP contribution in [0.5, 0.6) is 0 Å². The van der Waals surface area contributed by atoms with Gasteiger partial charge in [0.05, 0.1) is 0 Å². The summed E-state index contributed by atoms with van der Waals surface area (Å²) in [6.45, 7) is 3.84. The first kappa shape index (κ1) is 13.6. The third-order valence-electron chi connectivity index (χ3n) is 3.29. The maximum atomic E-state index is 13.3. The van der Waals surface area contributed by atoms with Gasteiger partial charge in [0, 0.05) is 30.4 Å². The Morgan fingerprint density at radius 2 is 2.26 bits per heavy atom. The molecule has 1 aliphatic rings. The van der Waals surface area contributed by atoms with Crippen LogP contribution in [-0.2, 0) is 4.79 Å². The Morgan fingerprint density at radius 1 is 1.53 bits per heavy atom. The van der Waals surface area contributed by atoms with Crippen molar-refractivity contribution in [1.82, 2.24) is 0 Å². The highest BCUT2D eigenvalue weighted by atomic mass is 19.1. The molecular weight excluding hydrogens is 245 g/mol. The smallest absolute Gasteiger partial charge is 0.328 e. The fraction of sp³-hybridized carbons (Fsp3) is 0.400. The van der Waals surface area contributed by atoms with E-state index in [-0.39, 0.29) is 5.82 Å². The number of carboxylic acid groups (broad SMARTS) is 1. The Labute approximate surface area is 112 Å². The number of hydrogen-bond donors (Lipinski definition) is 1. The highest BCUT2D eigenvalue weighted by Crippen LogP contribution is 2.32. The molecule has 0 spiro atoms. The van der Waals surface area contributed by atoms with Crippen LogP contribution in [-0.4, -0.2) is 24.2 Å². The molecule has 3 nitrogen and oxygen atoms in total. The van der Waals surface area contributed by atoms with Crippen LogP contribution in [0, 0.1) is 11.7 Å². The van der Waals surface area contributed by atoms with Crippen LogP contribution in [0.2, 0.25) is 0 Å². The summed E-state index contributed by atoms with van der Waals surface area (Å²) in [5.74, 6) is -0.655. The molecule has 102 valence electrons. The predicted octanol–water partition coefficient (Wildman–Crippen LogP) is 3.16. The van der Waals surface area contributed by atoms with Crippen molar-refractivity contribution < 1.29 is 14.3 Å². The van der Waals surface area contributed by atoms with Crippen molar-refractivity contribution in [3.8, 4) is 0 Å². The summed E-state index contributed by atoms with van der Waals surface area (Å²) in [6.07, 6.45) is 5.00. The first-order valence-corrected chi connectivity index (χ1v) is 6.55. The molecular formula is C15H18FNO2. The summed E-state index contributed by atoms with van der Waals surface area (Å²) in [6, 6.07) is 4.52. The van der Waals surface area contributed by atoms with Crippen molar-refractivity contribution in [3.63, 3.8) is 0 Å². The topological polar surface area (TPSA) is 40.5 Å². The van der Waals surface area contributed by atoms with E-state index in [9.17, 15) is 9.18 Å². The van der Waals surface area contributed by atoms with Crippen LogP contribution in [0.4, 0.5) is 10.1 Å². The minimum Gasteiger partial charge on any atom is -0.478 e. The van der Waals surface area contributed by atoms with Gasteiger partial charge < -0.3 is 10.0 Å². The Morgan fingerprint density at radius 3 is 2.84 bits per heavy atom. The summed E-state index contributed by atoms with van der Waals surface area (Å²) in [4.78, 5) is 12.8. The third kappa shape index (κ3) is 3.81. The zero-order valence-electron chi connectivity index (χ0n) is 11.0. The lowest BCUT2D eigenvalue weighted by Gasteiger charge is -2.25. The fourth-order valence-electron chi connectivity index (χ4n) is 2.12. The highest BCUT2D eigenvalue weighted by Gasteiger charge is 2.24. The molecule has 0 amide bonds. The average molecular weight is 263 g/mol. The van der Waals surface area contributed by atoms with Gasteiger partial charge in [0.25, 0.3) is 0 Å². The van der Waals surface area contributed by atoms with Crippen molar-refractivity contribution in [2.75, 3.05) is 18.0 Å². The lowest BCUT2D eigenvalue weighted by atomic mass is 10.1. The number of carboxylic acids is 1. The molecule has 1 saturated carbocycles. The minimum atomic E-state index is -1.03. The van der Waals surface area contributed by atoms with E-state index in [1.54, 1.807) is 6.07 Å². The predicted molar refractivity (Wildman–Crippen MR) is 73.7 cm³/mol. The van der Waals surface area contributed by atoms with Crippen LogP contribution in [0.3, 0.4) is 0 Å². The summed E-state index contributed by atoms with van der Waals surface area (Å²) in [7, 11) is 0. The van der Waals surface area contributed by atoms with Crippen LogP contribution < -0.4 is 4.90 Å². The van der Waals surface area contributed by atoms with Crippen LogP contribution in [0.15, 0.2) is 24.3 Å². The van der Waals surface area contributed by atoms with E-state index in [1.165, 1.54) is 31.1 Å². The zero-order chi connectivity index (χ0) is 13.8. The number of aliphatic carboxylic acids is 1. The van der Waals surface area contributed by atoms with E-state index in [1.807, 2.05) is 0 Å². The number of benzene rings is 1. The van der Waals surface area contributed by atoms with Gasteiger partial charge in [-0.15, -0.1) is 0 Å². The van der Waals surface area contributed by atoms with E-state index in [0.29, 0.717) is 5.56 Å². The Balaban J connectivity index is 2.28. The monoisotopic (exact) mass is 263 g/mol. The molecule has 1 N–H and O–H groups in total. The second-order valence-corrected chi connectivity index (χ2v) is 4.86. The lowest BCUT2D eigenvalue weighted by Crippen LogP contribution is -2.25. The second kappa shape index (κ2) is 5.87. The number of rotatable bonds is 6. The SMILES string of the molecule is CCN(CC1CC1)c1ccc(F)cc1C=CC(=O)O. The standard InChI is InChI=1S/C15H18FNO2/c1-2-17(10-11-3-4-11)14-7-6-13(16)9-12(14)5-8-15(18)19/h5-9,11H,2-4,10H2,1H3,(H,18,19). The maximum absolute atomic E-state index is 13.3. The molecule has 0 aliphatic heterocycles. The van der Waals surface area contributed by atoms with E-state index < -0.39 is 5.97 Å². The number of hydrogen-bond acceptors (Lipinski definition) is 2. The number of halogens is 1. The number of carbonyl (C=O) groups is 1. The molecule has 1 aliphatic carbocycles. The van der Waals surface area contributed by atoms with Gasteiger partial charge in [0.15, 0.2) is 0 Å². The molecule has 1 aromatic carbocycles. The zero-order valence-corrected chi connectivity index (χ0v) is 11.0. The van der Waals surface area contributed by atoms with E-state index in [2.05, 4.69) is 11.8 Å². The first-order chi connectivity index (χ1) is 9.10. The van der Waals surface area contributed by atoms with Gasteiger partial charge in [-0.3, -0.25) is 0 Å². The molecule has 0 radical (unpaired) electrons. The molecule has 0 atom stereocenters. The third-order valence-corrected chi connectivity index (χ3v) is 3.29. The van der Waals surface area contributed by atoms with Gasteiger partial charge in [0.1, 0.15) is 5.82 Å². The number of nitrogens with zero attached hydrogens (tertiary/aromatic N) is 1. The maximum Gasteiger partial charge on any atom is 0.328 e. The normalized spacial score (nSPS) is 14.8. The molecule has 0 heterocycles. The van der Waals surface area contributed by atoms with Crippen molar-refractivity contribution in [3.05, 3.63) is 35.7 Å². The summed E-state index contributed by atoms with van der Waals surface area (Å²) in [5, 5.41) is 8.69. The summed E-state index contributed by atoms with van der Waals surface area (Å²) in [5.41, 5.74) is 1.51. The Bertz CT molecular complexity index is 495. The van der Waals surface area contributed by atoms with E-state index in [0.717, 1.165) is 30.8 Å². The molecule has 0 aromatic heterocycles. The Kier molecular flexibility index (Phi) is 4.20. The van der Waals surface area contributed by atoms with E-state index in [4.69, 9.17) is 5.11 Å². The summed E-state index contributed by atoms with van der Waals surface area (Å²) < 4.78 is 13.3. The molecule has 0 bridgehead atoms. The fourth-order valence-corrected chi connectivity index (χ4v) is 2.12. The molecule has 4 heteroatoms. The largest absolute Gasteiger partial charge is 0.478 e. The quantitative estimate of drug-likeness (QED) is 0.801.